The fourth-order valence-corrected chi connectivity index (χ4v) is 5.83. The zero-order valence-corrected chi connectivity index (χ0v) is 19.7. The second-order valence-corrected chi connectivity index (χ2v) is 10.2. The number of nitrogens with one attached hydrogen (secondary N) is 1. The highest BCUT2D eigenvalue weighted by molar-refractivity contribution is 5.97. The van der Waals surface area contributed by atoms with E-state index in [-0.39, 0.29) is 17.6 Å². The number of rotatable bonds is 4. The Morgan fingerprint density at radius 1 is 1.09 bits per heavy atom. The molecule has 2 aromatic heterocycles. The quantitative estimate of drug-likeness (QED) is 0.431. The Kier molecular flexibility index (Phi) is 5.52. The predicted molar refractivity (Wildman–Crippen MR) is 133 cm³/mol. The number of likely N-dealkylation sites (tertiary alicyclic amines) is 1. The van der Waals surface area contributed by atoms with Crippen molar-refractivity contribution in [2.75, 3.05) is 13.1 Å². The molecule has 2 N–H and O–H groups in total. The zero-order valence-electron chi connectivity index (χ0n) is 19.7. The van der Waals surface area contributed by atoms with Crippen LogP contribution in [0.4, 0.5) is 4.39 Å². The maximum absolute atomic E-state index is 13.9. The van der Waals surface area contributed by atoms with E-state index in [0.29, 0.717) is 30.5 Å². The number of carbonyl (C=O) groups excluding carboxylic acids is 1. The molecule has 2 aromatic carbocycles. The smallest absolute Gasteiger partial charge is 0.254 e. The van der Waals surface area contributed by atoms with Crippen LogP contribution in [0.2, 0.25) is 0 Å². The van der Waals surface area contributed by atoms with Crippen molar-refractivity contribution in [3.05, 3.63) is 71.4 Å². The van der Waals surface area contributed by atoms with Crippen LogP contribution in [0.3, 0.4) is 0 Å². The van der Waals surface area contributed by atoms with Crippen molar-refractivity contribution in [2.45, 2.75) is 50.5 Å². The highest BCUT2D eigenvalue weighted by Crippen LogP contribution is 2.43. The number of β-amino-alcohol motifs (C(OH)–C–C–N with tert-alkyl or cyclic N) is 1. The summed E-state index contributed by atoms with van der Waals surface area (Å²) in [5, 5.41) is 10.4. The number of H-pyrrole nitrogens is 1. The van der Waals surface area contributed by atoms with Gasteiger partial charge in [-0.2, -0.15) is 0 Å². The van der Waals surface area contributed by atoms with E-state index >= 15 is 0 Å². The number of aliphatic hydroxyl groups is 1. The number of pyridine rings is 1. The van der Waals surface area contributed by atoms with Gasteiger partial charge >= 0.3 is 0 Å². The van der Waals surface area contributed by atoms with Crippen LogP contribution in [0.25, 0.3) is 21.9 Å². The lowest BCUT2D eigenvalue weighted by Gasteiger charge is -2.35. The van der Waals surface area contributed by atoms with Crippen molar-refractivity contribution in [3.8, 4) is 0 Å². The number of halogens is 1. The lowest BCUT2D eigenvalue weighted by molar-refractivity contribution is 0.00590. The lowest BCUT2D eigenvalue weighted by atomic mass is 9.73. The summed E-state index contributed by atoms with van der Waals surface area (Å²) in [5.41, 5.74) is 4.42. The molecule has 7 heteroatoms. The molecule has 3 heterocycles. The highest BCUT2D eigenvalue weighted by Gasteiger charge is 2.31. The normalized spacial score (nSPS) is 21.9. The average Bonchev–Trinajstić information content (AvgIpc) is 3.29. The van der Waals surface area contributed by atoms with Crippen LogP contribution in [-0.2, 0) is 0 Å². The van der Waals surface area contributed by atoms with Crippen LogP contribution in [0.1, 0.15) is 66.2 Å². The summed E-state index contributed by atoms with van der Waals surface area (Å²) in [5.74, 6) is 1.90. The number of hydrogen-bond acceptors (Lipinski definition) is 4. The zero-order chi connectivity index (χ0) is 24.1. The van der Waals surface area contributed by atoms with Gasteiger partial charge in [-0.05, 0) is 85.5 Å². The summed E-state index contributed by atoms with van der Waals surface area (Å²) >= 11 is 0. The monoisotopic (exact) mass is 472 g/mol. The first kappa shape index (κ1) is 22.2. The average molecular weight is 473 g/mol. The van der Waals surface area contributed by atoms with Gasteiger partial charge in [0.15, 0.2) is 0 Å². The maximum atomic E-state index is 13.9. The number of aliphatic hydroxyl groups excluding tert-OH is 1. The van der Waals surface area contributed by atoms with Gasteiger partial charge in [-0.3, -0.25) is 9.78 Å². The van der Waals surface area contributed by atoms with Gasteiger partial charge in [0.1, 0.15) is 11.6 Å². The summed E-state index contributed by atoms with van der Waals surface area (Å²) < 4.78 is 13.9. The number of carbonyl (C=O) groups is 1. The van der Waals surface area contributed by atoms with Crippen molar-refractivity contribution in [2.24, 2.45) is 5.92 Å². The minimum atomic E-state index is -0.407. The number of aromatic amines is 1. The first-order valence-electron chi connectivity index (χ1n) is 12.5. The molecule has 1 saturated carbocycles. The Morgan fingerprint density at radius 3 is 2.63 bits per heavy atom. The molecule has 6 nitrogen and oxygen atoms in total. The molecule has 2 aliphatic rings. The number of imidazole rings is 1. The molecule has 1 unspecified atom stereocenters. The third kappa shape index (κ3) is 4.08. The predicted octanol–water partition coefficient (Wildman–Crippen LogP) is 5.14. The SMILES string of the molecule is CC(c1nc2ccc(C(=O)N3CC(O)C3)cc2[nH]1)C1CCC(c2ccnc3ccc(F)cc23)CC1. The molecule has 0 radical (unpaired) electrons. The van der Waals surface area contributed by atoms with E-state index in [4.69, 9.17) is 4.98 Å². The van der Waals surface area contributed by atoms with Gasteiger partial charge < -0.3 is 15.0 Å². The van der Waals surface area contributed by atoms with Gasteiger partial charge in [0.25, 0.3) is 5.91 Å². The van der Waals surface area contributed by atoms with Gasteiger partial charge in [-0.25, -0.2) is 9.37 Å². The van der Waals surface area contributed by atoms with Gasteiger partial charge in [-0.15, -0.1) is 0 Å². The maximum Gasteiger partial charge on any atom is 0.254 e. The van der Waals surface area contributed by atoms with Crippen molar-refractivity contribution >= 4 is 27.8 Å². The molecule has 1 amide bonds. The van der Waals surface area contributed by atoms with Gasteiger partial charge in [0, 0.05) is 36.2 Å². The fraction of sp³-hybridized carbons (Fsp3) is 0.393. The fourth-order valence-electron chi connectivity index (χ4n) is 5.83. The highest BCUT2D eigenvalue weighted by atomic mass is 19.1. The molecule has 1 atom stereocenters. The molecule has 4 aromatic rings. The first-order chi connectivity index (χ1) is 17.0. The van der Waals surface area contributed by atoms with E-state index in [9.17, 15) is 14.3 Å². The third-order valence-electron chi connectivity index (χ3n) is 7.98. The lowest BCUT2D eigenvalue weighted by Crippen LogP contribution is -2.53. The largest absolute Gasteiger partial charge is 0.389 e. The number of hydrogen-bond donors (Lipinski definition) is 2. The molecule has 180 valence electrons. The van der Waals surface area contributed by atoms with Gasteiger partial charge in [0.2, 0.25) is 0 Å². The van der Waals surface area contributed by atoms with Crippen LogP contribution in [0.15, 0.2) is 48.7 Å². The molecule has 2 fully saturated rings. The number of benzene rings is 2. The van der Waals surface area contributed by atoms with Crippen LogP contribution in [-0.4, -0.2) is 50.1 Å². The van der Waals surface area contributed by atoms with Crippen molar-refractivity contribution in [1.82, 2.24) is 19.9 Å². The Labute approximate surface area is 203 Å². The molecule has 1 aliphatic carbocycles. The molecule has 0 bridgehead atoms. The Balaban J connectivity index is 1.16. The summed E-state index contributed by atoms with van der Waals surface area (Å²) in [6.45, 7) is 3.03. The second-order valence-electron chi connectivity index (χ2n) is 10.2. The summed E-state index contributed by atoms with van der Waals surface area (Å²) in [6, 6.07) is 12.5. The summed E-state index contributed by atoms with van der Waals surface area (Å²) in [6.07, 6.45) is 5.72. The van der Waals surface area contributed by atoms with Crippen molar-refractivity contribution < 1.29 is 14.3 Å². The van der Waals surface area contributed by atoms with Crippen LogP contribution >= 0.6 is 0 Å². The van der Waals surface area contributed by atoms with E-state index in [1.165, 1.54) is 11.6 Å². The van der Waals surface area contributed by atoms with E-state index in [1.807, 2.05) is 24.4 Å². The Morgan fingerprint density at radius 2 is 1.86 bits per heavy atom. The summed E-state index contributed by atoms with van der Waals surface area (Å²) in [7, 11) is 0. The number of fused-ring (bicyclic) bond motifs is 2. The van der Waals surface area contributed by atoms with Crippen LogP contribution < -0.4 is 0 Å². The van der Waals surface area contributed by atoms with Crippen LogP contribution in [0.5, 0.6) is 0 Å². The minimum Gasteiger partial charge on any atom is -0.389 e. The van der Waals surface area contributed by atoms with Crippen LogP contribution in [0, 0.1) is 11.7 Å². The summed E-state index contributed by atoms with van der Waals surface area (Å²) in [4.78, 5) is 27.0. The third-order valence-corrected chi connectivity index (χ3v) is 7.98. The molecular formula is C28H29FN4O2. The molecule has 6 rings (SSSR count). The standard InChI is InChI=1S/C28H29FN4O2/c1-16(27-31-25-8-6-19(12-26(25)32-27)28(35)33-14-21(34)15-33)17-2-4-18(5-3-17)22-10-11-30-24-9-7-20(29)13-23(22)24/h6-13,16-18,21,34H,2-5,14-15H2,1H3,(H,31,32). The molecule has 1 saturated heterocycles. The second kappa shape index (κ2) is 8.72. The van der Waals surface area contributed by atoms with Gasteiger partial charge in [0.05, 0.1) is 22.7 Å². The molecular weight excluding hydrogens is 443 g/mol. The van der Waals surface area contributed by atoms with Crippen molar-refractivity contribution in [1.29, 1.82) is 0 Å². The molecule has 0 spiro atoms. The molecule has 1 aliphatic heterocycles. The topological polar surface area (TPSA) is 82.1 Å². The molecule has 35 heavy (non-hydrogen) atoms. The van der Waals surface area contributed by atoms with E-state index in [0.717, 1.165) is 53.4 Å². The minimum absolute atomic E-state index is 0.0526. The van der Waals surface area contributed by atoms with E-state index in [2.05, 4.69) is 23.0 Å². The number of amides is 1. The first-order valence-corrected chi connectivity index (χ1v) is 12.5. The number of aromatic nitrogens is 3. The Bertz CT molecular complexity index is 1400. The number of nitrogens with zero attached hydrogens (tertiary/aromatic N) is 3. The van der Waals surface area contributed by atoms with E-state index < -0.39 is 6.10 Å². The van der Waals surface area contributed by atoms with E-state index in [1.54, 1.807) is 17.0 Å². The Hall–Kier alpha value is -3.32. The van der Waals surface area contributed by atoms with Crippen molar-refractivity contribution in [3.63, 3.8) is 0 Å². The van der Waals surface area contributed by atoms with Gasteiger partial charge in [-0.1, -0.05) is 6.92 Å².